The second-order valence-corrected chi connectivity index (χ2v) is 11.8. The van der Waals surface area contributed by atoms with Crippen LogP contribution in [0, 0.1) is 0 Å². The molecule has 0 radical (unpaired) electrons. The van der Waals surface area contributed by atoms with Crippen LogP contribution in [0.15, 0.2) is 90.2 Å². The van der Waals surface area contributed by atoms with Crippen molar-refractivity contribution in [1.82, 2.24) is 9.55 Å². The van der Waals surface area contributed by atoms with Gasteiger partial charge < -0.3 is 19.4 Å². The number of halogens is 1. The van der Waals surface area contributed by atoms with E-state index in [1.807, 2.05) is 47.0 Å². The molecule has 4 aromatic rings. The fourth-order valence-corrected chi connectivity index (χ4v) is 5.63. The van der Waals surface area contributed by atoms with Crippen molar-refractivity contribution in [3.8, 4) is 16.9 Å². The number of nitrogens with zero attached hydrogens (tertiary/aromatic N) is 2. The summed E-state index contributed by atoms with van der Waals surface area (Å²) < 4.78 is 26.2. The van der Waals surface area contributed by atoms with E-state index in [4.69, 9.17) is 21.1 Å². The number of nitrogens with one attached hydrogen (secondary N) is 1. The number of hydrogen-bond donors (Lipinski definition) is 1. The van der Waals surface area contributed by atoms with Crippen LogP contribution >= 0.6 is 11.6 Å². The Hall–Kier alpha value is -3.72. The van der Waals surface area contributed by atoms with Gasteiger partial charge in [-0.1, -0.05) is 50.1 Å². The fraction of sp³-hybridized carbons (Fsp3) is 0.294. The molecule has 0 spiro atoms. The molecule has 0 fully saturated rings. The van der Waals surface area contributed by atoms with E-state index in [1.165, 1.54) is 6.08 Å². The Morgan fingerprint density at radius 1 is 0.977 bits per heavy atom. The number of carbonyl (C=O) groups excluding carboxylic acids is 1. The molecular weight excluding hydrogens is 582 g/mol. The molecule has 1 atom stereocenters. The van der Waals surface area contributed by atoms with Gasteiger partial charge in [0.25, 0.3) is 0 Å². The minimum Gasteiger partial charge on any atom is -0.491 e. The van der Waals surface area contributed by atoms with Crippen molar-refractivity contribution in [3.05, 3.63) is 102 Å². The Morgan fingerprint density at radius 2 is 1.74 bits per heavy atom. The van der Waals surface area contributed by atoms with Crippen molar-refractivity contribution in [1.29, 1.82) is 0 Å². The molecular formula is C34H38ClN3O4S. The number of unbranched alkanes of at least 4 members (excludes halogenated alkanes) is 1. The molecule has 0 bridgehead atoms. The highest BCUT2D eigenvalue weighted by atomic mass is 35.5. The third-order valence-corrected chi connectivity index (χ3v) is 8.36. The van der Waals surface area contributed by atoms with E-state index in [1.54, 1.807) is 42.9 Å². The van der Waals surface area contributed by atoms with Crippen molar-refractivity contribution in [2.24, 2.45) is 0 Å². The number of hydrogen-bond acceptors (Lipinski definition) is 5. The Bertz CT molecular complexity index is 1520. The van der Waals surface area contributed by atoms with Gasteiger partial charge in [-0.25, -0.2) is 4.98 Å². The number of amides is 1. The topological polar surface area (TPSA) is 82.4 Å². The molecule has 0 aliphatic rings. The molecule has 1 amide bonds. The van der Waals surface area contributed by atoms with Gasteiger partial charge in [0.15, 0.2) is 0 Å². The number of carbonyl (C=O) groups is 1. The number of rotatable bonds is 16. The molecule has 0 aliphatic carbocycles. The SMILES string of the molecule is CCCCOCCOc1ccc(-c2ccc(Cl)c(/C=C/C(=O)Nc3ccc(S(=O)Cc4cncn4CCC)cc3)c2)cc1. The summed E-state index contributed by atoms with van der Waals surface area (Å²) in [6.07, 6.45) is 9.83. The maximum Gasteiger partial charge on any atom is 0.248 e. The minimum atomic E-state index is -1.22. The Balaban J connectivity index is 1.31. The van der Waals surface area contributed by atoms with Crippen LogP contribution in [-0.4, -0.2) is 39.5 Å². The van der Waals surface area contributed by atoms with E-state index in [9.17, 15) is 9.00 Å². The third kappa shape index (κ3) is 9.92. The highest BCUT2D eigenvalue weighted by Crippen LogP contribution is 2.28. The van der Waals surface area contributed by atoms with Gasteiger partial charge in [0.1, 0.15) is 12.4 Å². The summed E-state index contributed by atoms with van der Waals surface area (Å²) in [5.74, 6) is 0.882. The highest BCUT2D eigenvalue weighted by molar-refractivity contribution is 7.84. The summed E-state index contributed by atoms with van der Waals surface area (Å²) in [5, 5.41) is 3.39. The van der Waals surface area contributed by atoms with Crippen LogP contribution in [0.25, 0.3) is 17.2 Å². The molecule has 1 N–H and O–H groups in total. The molecule has 0 saturated heterocycles. The summed E-state index contributed by atoms with van der Waals surface area (Å²) >= 11 is 6.43. The normalized spacial score (nSPS) is 12.0. The molecule has 43 heavy (non-hydrogen) atoms. The van der Waals surface area contributed by atoms with Crippen molar-refractivity contribution >= 4 is 40.1 Å². The molecule has 7 nitrogen and oxygen atoms in total. The zero-order chi connectivity index (χ0) is 30.4. The number of aryl methyl sites for hydroxylation is 1. The van der Waals surface area contributed by atoms with Crippen LogP contribution < -0.4 is 10.1 Å². The molecule has 0 aliphatic heterocycles. The van der Waals surface area contributed by atoms with Gasteiger partial charge in [-0.15, -0.1) is 0 Å². The highest BCUT2D eigenvalue weighted by Gasteiger charge is 2.10. The first kappa shape index (κ1) is 32.2. The van der Waals surface area contributed by atoms with Crippen molar-refractivity contribution in [2.45, 2.75) is 50.3 Å². The molecule has 226 valence electrons. The maximum atomic E-state index is 12.9. The largest absolute Gasteiger partial charge is 0.491 e. The Labute approximate surface area is 261 Å². The van der Waals surface area contributed by atoms with Gasteiger partial charge >= 0.3 is 0 Å². The molecule has 9 heteroatoms. The van der Waals surface area contributed by atoms with Crippen LogP contribution in [0.2, 0.25) is 5.02 Å². The van der Waals surface area contributed by atoms with Gasteiger partial charge in [0.2, 0.25) is 5.91 Å². The van der Waals surface area contributed by atoms with E-state index in [0.29, 0.717) is 34.6 Å². The summed E-state index contributed by atoms with van der Waals surface area (Å²) in [7, 11) is -1.22. The molecule has 3 aromatic carbocycles. The lowest BCUT2D eigenvalue weighted by Gasteiger charge is -2.09. The zero-order valence-electron chi connectivity index (χ0n) is 24.6. The number of benzene rings is 3. The zero-order valence-corrected chi connectivity index (χ0v) is 26.2. The average molecular weight is 620 g/mol. The summed E-state index contributed by atoms with van der Waals surface area (Å²) in [4.78, 5) is 17.5. The van der Waals surface area contributed by atoms with E-state index in [2.05, 4.69) is 24.1 Å². The van der Waals surface area contributed by atoms with Crippen LogP contribution in [0.5, 0.6) is 5.75 Å². The van der Waals surface area contributed by atoms with Crippen LogP contribution in [-0.2, 0) is 32.6 Å². The minimum absolute atomic E-state index is 0.293. The van der Waals surface area contributed by atoms with Gasteiger partial charge in [0.05, 0.1) is 35.2 Å². The van der Waals surface area contributed by atoms with Crippen LogP contribution in [0.3, 0.4) is 0 Å². The standard InChI is InChI=1S/C34H38ClN3O4S/c1-3-5-19-41-20-21-42-31-12-6-26(7-13-31)27-8-16-33(35)28(22-27)9-17-34(39)37-29-10-14-32(15-11-29)43(40)24-30-23-36-25-38(30)18-4-2/h6-17,22-23,25H,3-5,18-21,24H2,1-2H3,(H,37,39)/b17-9+. The Morgan fingerprint density at radius 3 is 2.49 bits per heavy atom. The van der Waals surface area contributed by atoms with Gasteiger partial charge in [-0.05, 0) is 84.1 Å². The van der Waals surface area contributed by atoms with Crippen LogP contribution in [0.4, 0.5) is 5.69 Å². The fourth-order valence-electron chi connectivity index (χ4n) is 4.33. The van der Waals surface area contributed by atoms with E-state index in [-0.39, 0.29) is 5.91 Å². The van der Waals surface area contributed by atoms with Crippen LogP contribution in [0.1, 0.15) is 44.4 Å². The molecule has 1 unspecified atom stereocenters. The average Bonchev–Trinajstić information content (AvgIpc) is 3.45. The lowest BCUT2D eigenvalue weighted by Crippen LogP contribution is -2.08. The lowest BCUT2D eigenvalue weighted by molar-refractivity contribution is -0.111. The smallest absolute Gasteiger partial charge is 0.248 e. The number of aromatic nitrogens is 2. The van der Waals surface area contributed by atoms with E-state index < -0.39 is 10.8 Å². The summed E-state index contributed by atoms with van der Waals surface area (Å²) in [5.41, 5.74) is 4.26. The van der Waals surface area contributed by atoms with E-state index in [0.717, 1.165) is 60.5 Å². The van der Waals surface area contributed by atoms with Crippen molar-refractivity contribution in [2.75, 3.05) is 25.1 Å². The monoisotopic (exact) mass is 619 g/mol. The second kappa shape index (κ2) is 16.8. The lowest BCUT2D eigenvalue weighted by atomic mass is 10.0. The van der Waals surface area contributed by atoms with Gasteiger partial charge in [-0.2, -0.15) is 0 Å². The quantitative estimate of drug-likeness (QED) is 0.102. The van der Waals surface area contributed by atoms with Gasteiger partial charge in [-0.3, -0.25) is 9.00 Å². The number of anilines is 1. The Kier molecular flexibility index (Phi) is 12.6. The first-order chi connectivity index (χ1) is 21.0. The predicted octanol–water partition coefficient (Wildman–Crippen LogP) is 7.77. The predicted molar refractivity (Wildman–Crippen MR) is 175 cm³/mol. The van der Waals surface area contributed by atoms with Gasteiger partial charge in [0, 0.05) is 41.0 Å². The summed E-state index contributed by atoms with van der Waals surface area (Å²) in [6, 6.07) is 20.6. The second-order valence-electron chi connectivity index (χ2n) is 9.99. The first-order valence-corrected chi connectivity index (χ1v) is 16.2. The first-order valence-electron chi connectivity index (χ1n) is 14.5. The summed E-state index contributed by atoms with van der Waals surface area (Å²) in [6.45, 7) is 6.92. The maximum absolute atomic E-state index is 12.9. The van der Waals surface area contributed by atoms with E-state index >= 15 is 0 Å². The molecule has 0 saturated carbocycles. The number of ether oxygens (including phenoxy) is 2. The molecule has 1 heterocycles. The molecule has 1 aromatic heterocycles. The van der Waals surface area contributed by atoms with Crippen molar-refractivity contribution in [3.63, 3.8) is 0 Å². The van der Waals surface area contributed by atoms with Crippen molar-refractivity contribution < 1.29 is 18.5 Å². The number of imidazole rings is 1. The molecule has 4 rings (SSSR count). The third-order valence-electron chi connectivity index (χ3n) is 6.66.